The summed E-state index contributed by atoms with van der Waals surface area (Å²) in [4.78, 5) is 14.3. The largest absolute Gasteiger partial charge is 0.412 e. The van der Waals surface area contributed by atoms with Crippen molar-refractivity contribution in [3.8, 4) is 0 Å². The lowest BCUT2D eigenvalue weighted by atomic mass is 10.5. The number of hydrogen-bond donors (Lipinski definition) is 3. The zero-order valence-electron chi connectivity index (χ0n) is 6.07. The molecule has 7 heteroatoms. The van der Waals surface area contributed by atoms with Gasteiger partial charge in [0.05, 0.1) is 6.33 Å². The molecule has 0 radical (unpaired) electrons. The van der Waals surface area contributed by atoms with Gasteiger partial charge in [-0.05, 0) is 0 Å². The van der Waals surface area contributed by atoms with Crippen LogP contribution in [0.4, 0.5) is 11.8 Å². The van der Waals surface area contributed by atoms with Crippen molar-refractivity contribution in [1.82, 2.24) is 19.9 Å². The fraction of sp³-hybridized carbons (Fsp3) is 0. The van der Waals surface area contributed by atoms with Gasteiger partial charge in [0.15, 0.2) is 11.5 Å². The number of imidazole rings is 1. The Morgan fingerprint density at radius 2 is 2.00 bits per heavy atom. The minimum atomic E-state index is 0. The molecule has 12 heavy (non-hydrogen) atoms. The number of aromatic amines is 1. The SMILES string of the molecule is Nc1nc(N)c2nc[nH]c2n1.O. The fourth-order valence-corrected chi connectivity index (χ4v) is 0.876. The second-order valence-corrected chi connectivity index (χ2v) is 2.07. The molecule has 7 nitrogen and oxygen atoms in total. The number of nitrogens with zero attached hydrogens (tertiary/aromatic N) is 3. The van der Waals surface area contributed by atoms with Crippen LogP contribution in [0.2, 0.25) is 0 Å². The molecule has 2 heterocycles. The molecule has 0 amide bonds. The van der Waals surface area contributed by atoms with Gasteiger partial charge in [0.2, 0.25) is 5.95 Å². The van der Waals surface area contributed by atoms with Crippen molar-refractivity contribution in [2.75, 3.05) is 11.5 Å². The highest BCUT2D eigenvalue weighted by atomic mass is 16.0. The molecule has 0 unspecified atom stereocenters. The Bertz CT molecular complexity index is 396. The highest BCUT2D eigenvalue weighted by Crippen LogP contribution is 2.12. The number of nitrogens with two attached hydrogens (primary N) is 2. The predicted octanol–water partition coefficient (Wildman–Crippen LogP) is -1.31. The first-order valence-electron chi connectivity index (χ1n) is 2.99. The van der Waals surface area contributed by atoms with Gasteiger partial charge in [-0.15, -0.1) is 0 Å². The summed E-state index contributed by atoms with van der Waals surface area (Å²) in [6.45, 7) is 0. The summed E-state index contributed by atoms with van der Waals surface area (Å²) in [6, 6.07) is 0. The lowest BCUT2D eigenvalue weighted by molar-refractivity contribution is 0.824. The number of hydrogen-bond acceptors (Lipinski definition) is 5. The van der Waals surface area contributed by atoms with Crippen LogP contribution in [0.5, 0.6) is 0 Å². The molecule has 0 saturated carbocycles. The van der Waals surface area contributed by atoms with Crippen molar-refractivity contribution in [1.29, 1.82) is 0 Å². The number of nitrogen functional groups attached to an aromatic ring is 2. The van der Waals surface area contributed by atoms with Gasteiger partial charge in [0, 0.05) is 0 Å². The molecule has 64 valence electrons. The van der Waals surface area contributed by atoms with E-state index in [0.29, 0.717) is 17.0 Å². The van der Waals surface area contributed by atoms with Crippen molar-refractivity contribution in [3.05, 3.63) is 6.33 Å². The fourth-order valence-electron chi connectivity index (χ4n) is 0.876. The number of aromatic nitrogens is 4. The lowest BCUT2D eigenvalue weighted by Crippen LogP contribution is -1.99. The van der Waals surface area contributed by atoms with E-state index in [1.54, 1.807) is 0 Å². The van der Waals surface area contributed by atoms with E-state index in [1.807, 2.05) is 0 Å². The second-order valence-electron chi connectivity index (χ2n) is 2.07. The number of rotatable bonds is 0. The Labute approximate surface area is 67.1 Å². The van der Waals surface area contributed by atoms with Gasteiger partial charge in [-0.25, -0.2) is 4.98 Å². The summed E-state index contributed by atoms with van der Waals surface area (Å²) in [6.07, 6.45) is 1.50. The number of nitrogens with one attached hydrogen (secondary N) is 1. The van der Waals surface area contributed by atoms with Gasteiger partial charge < -0.3 is 21.9 Å². The summed E-state index contributed by atoms with van der Waals surface area (Å²) < 4.78 is 0. The molecule has 0 aliphatic heterocycles. The third-order valence-corrected chi connectivity index (χ3v) is 1.32. The van der Waals surface area contributed by atoms with Crippen molar-refractivity contribution >= 4 is 22.9 Å². The Balaban J connectivity index is 0.000000720. The summed E-state index contributed by atoms with van der Waals surface area (Å²) in [7, 11) is 0. The van der Waals surface area contributed by atoms with E-state index in [1.165, 1.54) is 6.33 Å². The molecule has 0 fully saturated rings. The van der Waals surface area contributed by atoms with Crippen molar-refractivity contribution in [2.24, 2.45) is 0 Å². The smallest absolute Gasteiger partial charge is 0.224 e. The third kappa shape index (κ3) is 1.01. The Morgan fingerprint density at radius 1 is 1.25 bits per heavy atom. The first-order valence-corrected chi connectivity index (χ1v) is 2.99. The first-order chi connectivity index (χ1) is 5.27. The molecule has 0 spiro atoms. The van der Waals surface area contributed by atoms with Crippen LogP contribution < -0.4 is 11.5 Å². The topological polar surface area (TPSA) is 138 Å². The van der Waals surface area contributed by atoms with Gasteiger partial charge in [-0.2, -0.15) is 9.97 Å². The van der Waals surface area contributed by atoms with Crippen LogP contribution in [0, 0.1) is 0 Å². The predicted molar refractivity (Wildman–Crippen MR) is 44.1 cm³/mol. The lowest BCUT2D eigenvalue weighted by Gasteiger charge is -1.93. The van der Waals surface area contributed by atoms with E-state index in [0.717, 1.165) is 0 Å². The highest BCUT2D eigenvalue weighted by molar-refractivity contribution is 5.81. The number of H-pyrrole nitrogens is 1. The van der Waals surface area contributed by atoms with Gasteiger partial charge in [-0.1, -0.05) is 0 Å². The second kappa shape index (κ2) is 2.62. The number of anilines is 2. The Hall–Kier alpha value is -1.89. The Morgan fingerprint density at radius 3 is 2.75 bits per heavy atom. The van der Waals surface area contributed by atoms with Crippen LogP contribution in [0.15, 0.2) is 6.33 Å². The van der Waals surface area contributed by atoms with E-state index >= 15 is 0 Å². The average Bonchev–Trinajstić information content (AvgIpc) is 2.34. The van der Waals surface area contributed by atoms with E-state index in [4.69, 9.17) is 11.5 Å². The summed E-state index contributed by atoms with van der Waals surface area (Å²) in [5, 5.41) is 0. The molecule has 0 bridgehead atoms. The van der Waals surface area contributed by atoms with Crippen LogP contribution in [0.1, 0.15) is 0 Å². The van der Waals surface area contributed by atoms with E-state index < -0.39 is 0 Å². The monoisotopic (exact) mass is 168 g/mol. The van der Waals surface area contributed by atoms with Gasteiger partial charge >= 0.3 is 0 Å². The quantitative estimate of drug-likeness (QED) is 0.448. The van der Waals surface area contributed by atoms with Gasteiger partial charge in [0.1, 0.15) is 5.52 Å². The number of fused-ring (bicyclic) bond motifs is 1. The first kappa shape index (κ1) is 8.21. The maximum Gasteiger partial charge on any atom is 0.224 e. The van der Waals surface area contributed by atoms with Crippen LogP contribution in [-0.2, 0) is 0 Å². The zero-order valence-corrected chi connectivity index (χ0v) is 6.07. The molecule has 0 aliphatic carbocycles. The normalized spacial score (nSPS) is 9.67. The Kier molecular flexibility index (Phi) is 1.80. The molecule has 2 rings (SSSR count). The minimum Gasteiger partial charge on any atom is -0.412 e. The van der Waals surface area contributed by atoms with Crippen LogP contribution in [-0.4, -0.2) is 25.4 Å². The molecular formula is C5H8N6O. The molecule has 0 saturated heterocycles. The summed E-state index contributed by atoms with van der Waals surface area (Å²) >= 11 is 0. The molecule has 0 aromatic carbocycles. The standard InChI is InChI=1S/C5H6N6.H2O/c6-3-2-4(9-1-8-2)11-5(7)10-3;/h1H,(H5,6,7,8,9,10,11);1H2. The van der Waals surface area contributed by atoms with Crippen LogP contribution in [0.25, 0.3) is 11.2 Å². The highest BCUT2D eigenvalue weighted by Gasteiger charge is 2.03. The van der Waals surface area contributed by atoms with Gasteiger partial charge in [-0.3, -0.25) is 0 Å². The summed E-state index contributed by atoms with van der Waals surface area (Å²) in [5.41, 5.74) is 11.9. The maximum atomic E-state index is 5.49. The van der Waals surface area contributed by atoms with Crippen LogP contribution in [0.3, 0.4) is 0 Å². The molecule has 7 N–H and O–H groups in total. The van der Waals surface area contributed by atoms with E-state index in [2.05, 4.69) is 19.9 Å². The van der Waals surface area contributed by atoms with Gasteiger partial charge in [0.25, 0.3) is 0 Å². The zero-order chi connectivity index (χ0) is 7.84. The molecule has 2 aromatic rings. The average molecular weight is 168 g/mol. The molecule has 0 aliphatic rings. The van der Waals surface area contributed by atoms with Crippen molar-refractivity contribution < 1.29 is 5.48 Å². The van der Waals surface area contributed by atoms with E-state index in [9.17, 15) is 0 Å². The minimum absolute atomic E-state index is 0. The molecular weight excluding hydrogens is 160 g/mol. The maximum absolute atomic E-state index is 5.49. The third-order valence-electron chi connectivity index (χ3n) is 1.32. The van der Waals surface area contributed by atoms with E-state index in [-0.39, 0.29) is 11.4 Å². The van der Waals surface area contributed by atoms with Crippen molar-refractivity contribution in [3.63, 3.8) is 0 Å². The summed E-state index contributed by atoms with van der Waals surface area (Å²) in [5.74, 6) is 0.452. The molecule has 2 aromatic heterocycles. The van der Waals surface area contributed by atoms with Crippen molar-refractivity contribution in [2.45, 2.75) is 0 Å². The van der Waals surface area contributed by atoms with Crippen LogP contribution >= 0.6 is 0 Å². The molecule has 0 atom stereocenters.